The Bertz CT molecular complexity index is 764. The molecule has 0 spiro atoms. The highest BCUT2D eigenvalue weighted by molar-refractivity contribution is 6.07. The highest BCUT2D eigenvalue weighted by Gasteiger charge is 2.18. The highest BCUT2D eigenvalue weighted by atomic mass is 16.5. The van der Waals surface area contributed by atoms with Crippen LogP contribution in [0.1, 0.15) is 21.6 Å². The van der Waals surface area contributed by atoms with Crippen molar-refractivity contribution in [3.63, 3.8) is 0 Å². The van der Waals surface area contributed by atoms with Gasteiger partial charge in [0, 0.05) is 25.0 Å². The zero-order chi connectivity index (χ0) is 13.6. The first-order valence-electron chi connectivity index (χ1n) is 5.81. The maximum atomic E-state index is 12.2. The average molecular weight is 259 g/mol. The van der Waals surface area contributed by atoms with Crippen LogP contribution in [0.2, 0.25) is 0 Å². The Hall–Kier alpha value is -2.57. The lowest BCUT2D eigenvalue weighted by Gasteiger charge is -2.01. The number of nitrogens with one attached hydrogen (secondary N) is 1. The van der Waals surface area contributed by atoms with Crippen LogP contribution in [0.5, 0.6) is 0 Å². The normalized spacial score (nSPS) is 11.1. The molecule has 0 unspecified atom stereocenters. The van der Waals surface area contributed by atoms with Crippen molar-refractivity contribution < 1.29 is 9.32 Å². The van der Waals surface area contributed by atoms with Gasteiger partial charge in [-0.05, 0) is 13.8 Å². The van der Waals surface area contributed by atoms with Crippen LogP contribution in [0.4, 0.5) is 5.88 Å². The fourth-order valence-electron chi connectivity index (χ4n) is 1.91. The summed E-state index contributed by atoms with van der Waals surface area (Å²) in [7, 11) is 1.86. The summed E-state index contributed by atoms with van der Waals surface area (Å²) in [6, 6.07) is 0. The first kappa shape index (κ1) is 11.5. The van der Waals surface area contributed by atoms with Crippen LogP contribution < -0.4 is 5.32 Å². The molecule has 3 aromatic rings. The van der Waals surface area contributed by atoms with Crippen molar-refractivity contribution in [2.24, 2.45) is 7.05 Å². The number of carbonyl (C=O) groups is 1. The van der Waals surface area contributed by atoms with Gasteiger partial charge in [-0.3, -0.25) is 10.1 Å². The van der Waals surface area contributed by atoms with Gasteiger partial charge in [0.2, 0.25) is 5.88 Å². The third-order valence-corrected chi connectivity index (χ3v) is 3.16. The molecule has 0 aromatic carbocycles. The molecule has 0 bridgehead atoms. The molecule has 0 fully saturated rings. The molecule has 1 N–H and O–H groups in total. The first-order chi connectivity index (χ1) is 9.08. The second kappa shape index (κ2) is 3.98. The largest absolute Gasteiger partial charge is 0.338 e. The Morgan fingerprint density at radius 3 is 2.84 bits per heavy atom. The molecule has 7 nitrogen and oxygen atoms in total. The van der Waals surface area contributed by atoms with Crippen molar-refractivity contribution in [3.8, 4) is 0 Å². The lowest BCUT2D eigenvalue weighted by atomic mass is 10.2. The van der Waals surface area contributed by atoms with Crippen molar-refractivity contribution in [2.45, 2.75) is 13.8 Å². The van der Waals surface area contributed by atoms with Crippen LogP contribution in [0, 0.1) is 13.8 Å². The summed E-state index contributed by atoms with van der Waals surface area (Å²) < 4.78 is 8.55. The number of anilines is 1. The van der Waals surface area contributed by atoms with Crippen LogP contribution in [0.25, 0.3) is 5.65 Å². The summed E-state index contributed by atoms with van der Waals surface area (Å²) in [6.45, 7) is 3.67. The number of aryl methyl sites for hydroxylation is 2. The van der Waals surface area contributed by atoms with E-state index >= 15 is 0 Å². The molecule has 3 heterocycles. The average Bonchev–Trinajstić information content (AvgIpc) is 3.03. The minimum Gasteiger partial charge on any atom is -0.338 e. The number of nitrogens with zero attached hydrogens (tertiary/aromatic N) is 4. The summed E-state index contributed by atoms with van der Waals surface area (Å²) in [5, 5.41) is 10.6. The molecule has 3 rings (SSSR count). The Balaban J connectivity index is 1.96. The van der Waals surface area contributed by atoms with E-state index in [2.05, 4.69) is 15.6 Å². The van der Waals surface area contributed by atoms with E-state index in [9.17, 15) is 4.79 Å². The molecule has 0 saturated carbocycles. The van der Waals surface area contributed by atoms with Gasteiger partial charge < -0.3 is 9.09 Å². The van der Waals surface area contributed by atoms with Crippen LogP contribution in [-0.4, -0.2) is 25.2 Å². The Kier molecular flexibility index (Phi) is 2.41. The second-order valence-electron chi connectivity index (χ2n) is 4.41. The van der Waals surface area contributed by atoms with Crippen molar-refractivity contribution in [1.82, 2.24) is 19.3 Å². The van der Waals surface area contributed by atoms with Crippen molar-refractivity contribution in [2.75, 3.05) is 5.32 Å². The van der Waals surface area contributed by atoms with Gasteiger partial charge >= 0.3 is 0 Å². The van der Waals surface area contributed by atoms with Gasteiger partial charge in [-0.25, -0.2) is 4.52 Å². The molecular formula is C12H13N5O2. The summed E-state index contributed by atoms with van der Waals surface area (Å²) >= 11 is 0. The molecule has 98 valence electrons. The van der Waals surface area contributed by atoms with E-state index < -0.39 is 0 Å². The van der Waals surface area contributed by atoms with Crippen molar-refractivity contribution in [3.05, 3.63) is 35.4 Å². The Morgan fingerprint density at radius 1 is 1.37 bits per heavy atom. The molecular weight excluding hydrogens is 246 g/mol. The van der Waals surface area contributed by atoms with Gasteiger partial charge in [0.15, 0.2) is 0 Å². The fourth-order valence-corrected chi connectivity index (χ4v) is 1.91. The van der Waals surface area contributed by atoms with E-state index in [4.69, 9.17) is 4.52 Å². The Labute approximate surface area is 108 Å². The van der Waals surface area contributed by atoms with E-state index in [-0.39, 0.29) is 5.91 Å². The monoisotopic (exact) mass is 259 g/mol. The third kappa shape index (κ3) is 1.70. The molecule has 1 amide bonds. The standard InChI is InChI=1S/C12H13N5O2/c1-7-8(2)15-19-11(7)14-10(18)9-6-13-17-5-4-16(3)12(9)17/h4-6H,1-3H3,(H,14,18). The zero-order valence-corrected chi connectivity index (χ0v) is 10.8. The smallest absolute Gasteiger partial charge is 0.263 e. The molecule has 7 heteroatoms. The number of carbonyl (C=O) groups excluding carboxylic acids is 1. The lowest BCUT2D eigenvalue weighted by Crippen LogP contribution is -2.12. The number of hydrogen-bond acceptors (Lipinski definition) is 4. The maximum Gasteiger partial charge on any atom is 0.263 e. The summed E-state index contributed by atoms with van der Waals surface area (Å²) in [5.74, 6) is 0.104. The molecule has 0 aliphatic carbocycles. The lowest BCUT2D eigenvalue weighted by molar-refractivity contribution is 0.102. The van der Waals surface area contributed by atoms with Crippen molar-refractivity contribution in [1.29, 1.82) is 0 Å². The van der Waals surface area contributed by atoms with Gasteiger partial charge in [0.25, 0.3) is 5.91 Å². The van der Waals surface area contributed by atoms with Gasteiger partial charge in [-0.1, -0.05) is 5.16 Å². The number of imidazole rings is 1. The van der Waals surface area contributed by atoms with E-state index in [1.807, 2.05) is 31.7 Å². The molecule has 0 atom stereocenters. The Morgan fingerprint density at radius 2 is 2.16 bits per heavy atom. The number of fused-ring (bicyclic) bond motifs is 1. The van der Waals surface area contributed by atoms with E-state index in [1.165, 1.54) is 6.20 Å². The fraction of sp³-hybridized carbons (Fsp3) is 0.250. The highest BCUT2D eigenvalue weighted by Crippen LogP contribution is 2.19. The molecule has 0 aliphatic rings. The quantitative estimate of drug-likeness (QED) is 0.757. The van der Waals surface area contributed by atoms with Gasteiger partial charge in [0.05, 0.1) is 11.9 Å². The topological polar surface area (TPSA) is 77.4 Å². The number of amides is 1. The number of rotatable bonds is 2. The van der Waals surface area contributed by atoms with Crippen LogP contribution in [-0.2, 0) is 7.05 Å². The summed E-state index contributed by atoms with van der Waals surface area (Å²) in [5.41, 5.74) is 2.80. The summed E-state index contributed by atoms with van der Waals surface area (Å²) in [4.78, 5) is 12.2. The molecule has 0 aliphatic heterocycles. The van der Waals surface area contributed by atoms with Crippen LogP contribution >= 0.6 is 0 Å². The van der Waals surface area contributed by atoms with Gasteiger partial charge in [-0.15, -0.1) is 0 Å². The van der Waals surface area contributed by atoms with Gasteiger partial charge in [-0.2, -0.15) is 5.10 Å². The minimum atomic E-state index is -0.268. The second-order valence-corrected chi connectivity index (χ2v) is 4.41. The molecule has 0 radical (unpaired) electrons. The summed E-state index contributed by atoms with van der Waals surface area (Å²) in [6.07, 6.45) is 5.15. The van der Waals surface area contributed by atoms with Crippen LogP contribution in [0.3, 0.4) is 0 Å². The van der Waals surface area contributed by atoms with Gasteiger partial charge in [0.1, 0.15) is 11.2 Å². The molecule has 0 saturated heterocycles. The molecule has 19 heavy (non-hydrogen) atoms. The third-order valence-electron chi connectivity index (χ3n) is 3.16. The van der Waals surface area contributed by atoms with Crippen LogP contribution in [0.15, 0.2) is 23.1 Å². The maximum absolute atomic E-state index is 12.2. The number of aromatic nitrogens is 4. The first-order valence-corrected chi connectivity index (χ1v) is 5.81. The predicted molar refractivity (Wildman–Crippen MR) is 68.1 cm³/mol. The van der Waals surface area contributed by atoms with Crippen molar-refractivity contribution >= 4 is 17.4 Å². The predicted octanol–water partition coefficient (Wildman–Crippen LogP) is 1.53. The minimum absolute atomic E-state index is 0.268. The number of hydrogen-bond donors (Lipinski definition) is 1. The van der Waals surface area contributed by atoms with E-state index in [1.54, 1.807) is 10.7 Å². The van der Waals surface area contributed by atoms with E-state index in [0.29, 0.717) is 11.4 Å². The zero-order valence-electron chi connectivity index (χ0n) is 10.8. The van der Waals surface area contributed by atoms with E-state index in [0.717, 1.165) is 16.9 Å². The molecule has 3 aromatic heterocycles. The SMILES string of the molecule is Cc1noc(NC(=O)c2cnn3ccn(C)c23)c1C.